The predicted octanol–water partition coefficient (Wildman–Crippen LogP) is 2.89. The number of nitrogens with two attached hydrogens (primary N) is 1. The molecule has 0 saturated carbocycles. The molecule has 1 amide bonds. The normalized spacial score (nSPS) is 10.7. The van der Waals surface area contributed by atoms with Crippen LogP contribution < -0.4 is 11.1 Å². The molecule has 0 bridgehead atoms. The van der Waals surface area contributed by atoms with Gasteiger partial charge in [0, 0.05) is 11.6 Å². The van der Waals surface area contributed by atoms with Gasteiger partial charge < -0.3 is 11.1 Å². The third-order valence-electron chi connectivity index (χ3n) is 3.03. The lowest BCUT2D eigenvalue weighted by molar-refractivity contribution is -0.125. The molecule has 0 aliphatic rings. The van der Waals surface area contributed by atoms with E-state index < -0.39 is 5.41 Å². The molecule has 5 heteroatoms. The molecule has 0 aliphatic carbocycles. The van der Waals surface area contributed by atoms with Crippen molar-refractivity contribution in [3.05, 3.63) is 34.9 Å². The molecule has 1 aromatic carbocycles. The second kappa shape index (κ2) is 8.41. The van der Waals surface area contributed by atoms with Gasteiger partial charge >= 0.3 is 0 Å². The van der Waals surface area contributed by atoms with E-state index in [4.69, 9.17) is 17.3 Å². The van der Waals surface area contributed by atoms with E-state index in [1.807, 2.05) is 32.0 Å². The summed E-state index contributed by atoms with van der Waals surface area (Å²) in [4.78, 5) is 12.2. The van der Waals surface area contributed by atoms with Gasteiger partial charge in [0.2, 0.25) is 5.91 Å². The predicted molar refractivity (Wildman–Crippen MR) is 83.0 cm³/mol. The molecule has 3 nitrogen and oxygen atoms in total. The minimum Gasteiger partial charge on any atom is -0.355 e. The molecule has 0 heterocycles. The number of nitrogens with one attached hydrogen (secondary N) is 1. The summed E-state index contributed by atoms with van der Waals surface area (Å²) in [5.74, 6) is 0.0155. The first-order chi connectivity index (χ1) is 8.48. The molecule has 0 radical (unpaired) electrons. The van der Waals surface area contributed by atoms with Crippen LogP contribution in [0.2, 0.25) is 5.02 Å². The van der Waals surface area contributed by atoms with Gasteiger partial charge in [-0.05, 0) is 50.9 Å². The number of benzene rings is 1. The fourth-order valence-corrected chi connectivity index (χ4v) is 1.89. The molecule has 1 aromatic rings. The Labute approximate surface area is 126 Å². The van der Waals surface area contributed by atoms with Gasteiger partial charge in [-0.2, -0.15) is 0 Å². The smallest absolute Gasteiger partial charge is 0.230 e. The number of halogens is 2. The Bertz CT molecular complexity index is 408. The summed E-state index contributed by atoms with van der Waals surface area (Å²) in [5, 5.41) is 3.59. The van der Waals surface area contributed by atoms with Crippen molar-refractivity contribution < 1.29 is 4.79 Å². The largest absolute Gasteiger partial charge is 0.355 e. The average Bonchev–Trinajstić information content (AvgIpc) is 2.34. The van der Waals surface area contributed by atoms with Crippen molar-refractivity contribution in [3.63, 3.8) is 0 Å². The Morgan fingerprint density at radius 2 is 2.05 bits per heavy atom. The molecular weight excluding hydrogens is 283 g/mol. The summed E-state index contributed by atoms with van der Waals surface area (Å²) in [5.41, 5.74) is 5.76. The summed E-state index contributed by atoms with van der Waals surface area (Å²) in [6.07, 6.45) is 1.84. The lowest BCUT2D eigenvalue weighted by atomic mass is 9.83. The van der Waals surface area contributed by atoms with E-state index in [1.165, 1.54) is 0 Å². The van der Waals surface area contributed by atoms with Gasteiger partial charge in [0.15, 0.2) is 0 Å². The number of unbranched alkanes of at least 4 members (excludes halogenated alkanes) is 1. The van der Waals surface area contributed by atoms with Gasteiger partial charge in [0.25, 0.3) is 0 Å². The lowest BCUT2D eigenvalue weighted by Gasteiger charge is -2.24. The van der Waals surface area contributed by atoms with Gasteiger partial charge in [-0.15, -0.1) is 12.4 Å². The highest BCUT2D eigenvalue weighted by molar-refractivity contribution is 6.30. The molecule has 3 N–H and O–H groups in total. The van der Waals surface area contributed by atoms with Crippen molar-refractivity contribution in [2.45, 2.75) is 32.1 Å². The molecule has 19 heavy (non-hydrogen) atoms. The van der Waals surface area contributed by atoms with Crippen molar-refractivity contribution in [1.29, 1.82) is 0 Å². The van der Waals surface area contributed by atoms with Crippen LogP contribution in [0, 0.1) is 0 Å². The molecule has 1 rings (SSSR count). The van der Waals surface area contributed by atoms with E-state index in [9.17, 15) is 4.79 Å². The summed E-state index contributed by atoms with van der Waals surface area (Å²) in [6.45, 7) is 5.13. The summed E-state index contributed by atoms with van der Waals surface area (Å²) < 4.78 is 0. The van der Waals surface area contributed by atoms with Crippen molar-refractivity contribution in [2.75, 3.05) is 13.1 Å². The van der Waals surface area contributed by atoms with Crippen LogP contribution in [0.15, 0.2) is 24.3 Å². The summed E-state index contributed by atoms with van der Waals surface area (Å²) >= 11 is 5.96. The van der Waals surface area contributed by atoms with E-state index in [-0.39, 0.29) is 18.3 Å². The van der Waals surface area contributed by atoms with Crippen LogP contribution in [0.5, 0.6) is 0 Å². The Balaban J connectivity index is 0.00000324. The maximum absolute atomic E-state index is 12.2. The van der Waals surface area contributed by atoms with Crippen LogP contribution in [0.3, 0.4) is 0 Å². The fourth-order valence-electron chi connectivity index (χ4n) is 1.70. The Morgan fingerprint density at radius 3 is 2.63 bits per heavy atom. The maximum Gasteiger partial charge on any atom is 0.230 e. The van der Waals surface area contributed by atoms with E-state index in [2.05, 4.69) is 5.32 Å². The van der Waals surface area contributed by atoms with E-state index >= 15 is 0 Å². The minimum atomic E-state index is -0.576. The number of carbonyl (C=O) groups excluding carboxylic acids is 1. The maximum atomic E-state index is 12.2. The van der Waals surface area contributed by atoms with Gasteiger partial charge in [-0.1, -0.05) is 23.7 Å². The van der Waals surface area contributed by atoms with Crippen LogP contribution in [0.4, 0.5) is 0 Å². The average molecular weight is 305 g/mol. The Hall–Kier alpha value is -0.770. The third-order valence-corrected chi connectivity index (χ3v) is 3.27. The van der Waals surface area contributed by atoms with Crippen LogP contribution >= 0.6 is 24.0 Å². The van der Waals surface area contributed by atoms with Crippen LogP contribution in [0.1, 0.15) is 32.3 Å². The van der Waals surface area contributed by atoms with Gasteiger partial charge in [0.1, 0.15) is 0 Å². The number of hydrogen-bond donors (Lipinski definition) is 2. The van der Waals surface area contributed by atoms with E-state index in [1.54, 1.807) is 6.07 Å². The molecular formula is C14H22Cl2N2O. The third kappa shape index (κ3) is 5.39. The zero-order valence-electron chi connectivity index (χ0n) is 11.4. The SMILES string of the molecule is CC(C)(C(=O)NCCCCN)c1cccc(Cl)c1.Cl. The van der Waals surface area contributed by atoms with Gasteiger partial charge in [-0.25, -0.2) is 0 Å². The fraction of sp³-hybridized carbons (Fsp3) is 0.500. The molecule has 0 aromatic heterocycles. The number of amides is 1. The lowest BCUT2D eigenvalue weighted by Crippen LogP contribution is -2.40. The molecule has 0 aliphatic heterocycles. The van der Waals surface area contributed by atoms with Crippen LogP contribution in [-0.4, -0.2) is 19.0 Å². The van der Waals surface area contributed by atoms with E-state index in [0.29, 0.717) is 18.1 Å². The first-order valence-electron chi connectivity index (χ1n) is 6.23. The highest BCUT2D eigenvalue weighted by Crippen LogP contribution is 2.25. The first kappa shape index (κ1) is 18.2. The topological polar surface area (TPSA) is 55.1 Å². The number of carbonyl (C=O) groups is 1. The van der Waals surface area contributed by atoms with Crippen molar-refractivity contribution in [3.8, 4) is 0 Å². The standard InChI is InChI=1S/C14H21ClN2O.ClH/c1-14(2,11-6-5-7-12(15)10-11)13(18)17-9-4-3-8-16;/h5-7,10H,3-4,8-9,16H2,1-2H3,(H,17,18);1H. The Kier molecular flexibility index (Phi) is 8.07. The van der Waals surface area contributed by atoms with E-state index in [0.717, 1.165) is 18.4 Å². The first-order valence-corrected chi connectivity index (χ1v) is 6.60. The minimum absolute atomic E-state index is 0. The van der Waals surface area contributed by atoms with Crippen molar-refractivity contribution in [2.24, 2.45) is 5.73 Å². The molecule has 0 saturated heterocycles. The molecule has 0 atom stereocenters. The summed E-state index contributed by atoms with van der Waals surface area (Å²) in [6, 6.07) is 7.42. The monoisotopic (exact) mass is 304 g/mol. The highest BCUT2D eigenvalue weighted by Gasteiger charge is 2.29. The quantitative estimate of drug-likeness (QED) is 0.794. The number of rotatable bonds is 6. The highest BCUT2D eigenvalue weighted by atomic mass is 35.5. The second-order valence-corrected chi connectivity index (χ2v) is 5.32. The second-order valence-electron chi connectivity index (χ2n) is 4.89. The molecule has 0 fully saturated rings. The van der Waals surface area contributed by atoms with Gasteiger partial charge in [0.05, 0.1) is 5.41 Å². The number of hydrogen-bond acceptors (Lipinski definition) is 2. The summed E-state index contributed by atoms with van der Waals surface area (Å²) in [7, 11) is 0. The van der Waals surface area contributed by atoms with Crippen LogP contribution in [0.25, 0.3) is 0 Å². The molecule has 108 valence electrons. The van der Waals surface area contributed by atoms with Crippen molar-refractivity contribution >= 4 is 29.9 Å². The van der Waals surface area contributed by atoms with Crippen molar-refractivity contribution in [1.82, 2.24) is 5.32 Å². The Morgan fingerprint density at radius 1 is 1.37 bits per heavy atom. The van der Waals surface area contributed by atoms with Crippen LogP contribution in [-0.2, 0) is 10.2 Å². The zero-order chi connectivity index (χ0) is 13.6. The molecule has 0 spiro atoms. The molecule has 0 unspecified atom stereocenters. The zero-order valence-corrected chi connectivity index (χ0v) is 13.0. The van der Waals surface area contributed by atoms with Gasteiger partial charge in [-0.3, -0.25) is 4.79 Å².